The van der Waals surface area contributed by atoms with Gasteiger partial charge in [0.05, 0.1) is 17.2 Å². The fourth-order valence-electron chi connectivity index (χ4n) is 1.84. The normalized spacial score (nSPS) is 12.5. The first-order valence-electron chi connectivity index (χ1n) is 6.85. The van der Waals surface area contributed by atoms with Crippen LogP contribution in [0.25, 0.3) is 6.08 Å². The maximum absolute atomic E-state index is 11.9. The van der Waals surface area contributed by atoms with Crippen molar-refractivity contribution in [3.63, 3.8) is 0 Å². The molecule has 1 aromatic rings. The molecule has 6 heteroatoms. The Hall–Kier alpha value is -1.52. The Morgan fingerprint density at radius 3 is 2.50 bits per heavy atom. The highest BCUT2D eigenvalue weighted by Crippen LogP contribution is 2.23. The van der Waals surface area contributed by atoms with Gasteiger partial charge in [-0.25, -0.2) is 4.79 Å². The monoisotopic (exact) mass is 343 g/mol. The van der Waals surface area contributed by atoms with Crippen LogP contribution < -0.4 is 5.32 Å². The standard InChI is InChI=1S/C16H19Cl2NO3/c1-10(2)8-14(16(21)22-3)19-15(20)7-5-11-4-6-12(17)13(18)9-11/h4-7,9-10,14H,8H2,1-3H3,(H,19,20)/b7-5+/t14-/m0/s1. The quantitative estimate of drug-likeness (QED) is 0.632. The fraction of sp³-hybridized carbons (Fsp3) is 0.375. The van der Waals surface area contributed by atoms with Gasteiger partial charge in [0.25, 0.3) is 0 Å². The lowest BCUT2D eigenvalue weighted by Gasteiger charge is -2.17. The average Bonchev–Trinajstić information content (AvgIpc) is 2.46. The smallest absolute Gasteiger partial charge is 0.328 e. The maximum atomic E-state index is 11.9. The number of benzene rings is 1. The number of amides is 1. The van der Waals surface area contributed by atoms with Crippen LogP contribution in [0.5, 0.6) is 0 Å². The first kappa shape index (κ1) is 18.5. The second kappa shape index (κ2) is 8.81. The zero-order valence-electron chi connectivity index (χ0n) is 12.7. The summed E-state index contributed by atoms with van der Waals surface area (Å²) in [6, 6.07) is 4.39. The van der Waals surface area contributed by atoms with Crippen molar-refractivity contribution < 1.29 is 14.3 Å². The molecule has 0 spiro atoms. The summed E-state index contributed by atoms with van der Waals surface area (Å²) in [6.45, 7) is 3.93. The Morgan fingerprint density at radius 2 is 1.95 bits per heavy atom. The number of hydrogen-bond acceptors (Lipinski definition) is 3. The van der Waals surface area contributed by atoms with E-state index >= 15 is 0 Å². The predicted octanol–water partition coefficient (Wildman–Crippen LogP) is 3.71. The van der Waals surface area contributed by atoms with Gasteiger partial charge in [0.2, 0.25) is 5.91 Å². The number of rotatable bonds is 6. The van der Waals surface area contributed by atoms with Gasteiger partial charge in [0.15, 0.2) is 0 Å². The van der Waals surface area contributed by atoms with Gasteiger partial charge in [-0.2, -0.15) is 0 Å². The highest BCUT2D eigenvalue weighted by Gasteiger charge is 2.21. The maximum Gasteiger partial charge on any atom is 0.328 e. The number of nitrogens with one attached hydrogen (secondary N) is 1. The fourth-order valence-corrected chi connectivity index (χ4v) is 2.14. The Kier molecular flexibility index (Phi) is 7.42. The zero-order chi connectivity index (χ0) is 16.7. The van der Waals surface area contributed by atoms with E-state index in [0.717, 1.165) is 5.56 Å². The molecular weight excluding hydrogens is 325 g/mol. The first-order chi connectivity index (χ1) is 10.3. The van der Waals surface area contributed by atoms with Gasteiger partial charge in [0.1, 0.15) is 6.04 Å². The SMILES string of the molecule is COC(=O)[C@H](CC(C)C)NC(=O)/C=C/c1ccc(Cl)c(Cl)c1. The molecule has 1 rings (SSSR count). The van der Waals surface area contributed by atoms with Crippen molar-refractivity contribution in [2.24, 2.45) is 5.92 Å². The second-order valence-electron chi connectivity index (χ2n) is 5.22. The minimum Gasteiger partial charge on any atom is -0.467 e. The van der Waals surface area contributed by atoms with Crippen molar-refractivity contribution in [1.82, 2.24) is 5.32 Å². The molecule has 0 aliphatic carbocycles. The summed E-state index contributed by atoms with van der Waals surface area (Å²) in [7, 11) is 1.30. The van der Waals surface area contributed by atoms with Crippen molar-refractivity contribution in [2.75, 3.05) is 7.11 Å². The number of methoxy groups -OCH3 is 1. The largest absolute Gasteiger partial charge is 0.467 e. The molecule has 0 aliphatic heterocycles. The summed E-state index contributed by atoms with van der Waals surface area (Å²) < 4.78 is 4.70. The molecule has 1 N–H and O–H groups in total. The molecule has 1 amide bonds. The van der Waals surface area contributed by atoms with Crippen LogP contribution >= 0.6 is 23.2 Å². The summed E-state index contributed by atoms with van der Waals surface area (Å²) in [5, 5.41) is 3.50. The van der Waals surface area contributed by atoms with E-state index in [9.17, 15) is 9.59 Å². The van der Waals surface area contributed by atoms with E-state index in [1.54, 1.807) is 24.3 Å². The van der Waals surface area contributed by atoms with Crippen molar-refractivity contribution in [2.45, 2.75) is 26.3 Å². The van der Waals surface area contributed by atoms with E-state index in [-0.39, 0.29) is 11.8 Å². The lowest BCUT2D eigenvalue weighted by Crippen LogP contribution is -2.41. The van der Waals surface area contributed by atoms with Crippen LogP contribution in [0.15, 0.2) is 24.3 Å². The van der Waals surface area contributed by atoms with Gasteiger partial charge >= 0.3 is 5.97 Å². The number of halogens is 2. The van der Waals surface area contributed by atoms with Gasteiger partial charge in [-0.1, -0.05) is 43.1 Å². The van der Waals surface area contributed by atoms with Gasteiger partial charge in [0, 0.05) is 6.08 Å². The van der Waals surface area contributed by atoms with E-state index in [2.05, 4.69) is 5.32 Å². The van der Waals surface area contributed by atoms with Crippen LogP contribution in [0.3, 0.4) is 0 Å². The van der Waals surface area contributed by atoms with Crippen LogP contribution in [-0.2, 0) is 14.3 Å². The van der Waals surface area contributed by atoms with Gasteiger partial charge < -0.3 is 10.1 Å². The molecule has 0 fully saturated rings. The number of carbonyl (C=O) groups is 2. The Bertz CT molecular complexity index is 571. The third kappa shape index (κ3) is 6.08. The van der Waals surface area contributed by atoms with Gasteiger partial charge in [-0.3, -0.25) is 4.79 Å². The minimum atomic E-state index is -0.657. The Balaban J connectivity index is 2.71. The molecule has 0 saturated carbocycles. The molecule has 1 aromatic carbocycles. The predicted molar refractivity (Wildman–Crippen MR) is 88.9 cm³/mol. The van der Waals surface area contributed by atoms with Crippen molar-refractivity contribution in [1.29, 1.82) is 0 Å². The Labute approximate surface area is 140 Å². The van der Waals surface area contributed by atoms with E-state index in [1.165, 1.54) is 13.2 Å². The molecule has 0 saturated heterocycles. The zero-order valence-corrected chi connectivity index (χ0v) is 14.2. The van der Waals surface area contributed by atoms with Crippen LogP contribution in [0, 0.1) is 5.92 Å². The number of hydrogen-bond donors (Lipinski definition) is 1. The third-order valence-electron chi connectivity index (χ3n) is 2.88. The molecule has 0 bridgehead atoms. The summed E-state index contributed by atoms with van der Waals surface area (Å²) >= 11 is 11.7. The number of carbonyl (C=O) groups excluding carboxylic acids is 2. The molecule has 120 valence electrons. The molecule has 0 unspecified atom stereocenters. The molecule has 1 atom stereocenters. The summed E-state index contributed by atoms with van der Waals surface area (Å²) in [4.78, 5) is 23.6. The average molecular weight is 344 g/mol. The van der Waals surface area contributed by atoms with E-state index < -0.39 is 12.0 Å². The van der Waals surface area contributed by atoms with E-state index in [4.69, 9.17) is 27.9 Å². The van der Waals surface area contributed by atoms with Crippen molar-refractivity contribution in [3.05, 3.63) is 39.9 Å². The Morgan fingerprint density at radius 1 is 1.27 bits per heavy atom. The molecule has 0 aliphatic rings. The first-order valence-corrected chi connectivity index (χ1v) is 7.60. The van der Waals surface area contributed by atoms with E-state index in [1.807, 2.05) is 13.8 Å². The highest BCUT2D eigenvalue weighted by molar-refractivity contribution is 6.42. The molecule has 0 radical (unpaired) electrons. The third-order valence-corrected chi connectivity index (χ3v) is 3.62. The van der Waals surface area contributed by atoms with Crippen LogP contribution in [0.1, 0.15) is 25.8 Å². The summed E-state index contributed by atoms with van der Waals surface area (Å²) in [5.41, 5.74) is 0.739. The second-order valence-corrected chi connectivity index (χ2v) is 6.04. The van der Waals surface area contributed by atoms with Crippen LogP contribution in [0.2, 0.25) is 10.0 Å². The number of esters is 1. The highest BCUT2D eigenvalue weighted by atomic mass is 35.5. The van der Waals surface area contributed by atoms with Gasteiger partial charge in [-0.15, -0.1) is 0 Å². The molecule has 22 heavy (non-hydrogen) atoms. The molecule has 0 heterocycles. The lowest BCUT2D eigenvalue weighted by molar-refractivity contribution is -0.145. The summed E-state index contributed by atoms with van der Waals surface area (Å²) in [5.74, 6) is -0.574. The van der Waals surface area contributed by atoms with Gasteiger partial charge in [-0.05, 0) is 36.1 Å². The van der Waals surface area contributed by atoms with E-state index in [0.29, 0.717) is 16.5 Å². The van der Waals surface area contributed by atoms with Crippen molar-refractivity contribution in [3.8, 4) is 0 Å². The minimum absolute atomic E-state index is 0.253. The molecule has 4 nitrogen and oxygen atoms in total. The van der Waals surface area contributed by atoms with Crippen LogP contribution in [0.4, 0.5) is 0 Å². The van der Waals surface area contributed by atoms with Crippen LogP contribution in [-0.4, -0.2) is 25.0 Å². The van der Waals surface area contributed by atoms with Crippen molar-refractivity contribution >= 4 is 41.2 Å². The lowest BCUT2D eigenvalue weighted by atomic mass is 10.0. The molecule has 0 aromatic heterocycles. The topological polar surface area (TPSA) is 55.4 Å². The number of ether oxygens (including phenoxy) is 1. The summed E-state index contributed by atoms with van der Waals surface area (Å²) in [6.07, 6.45) is 3.45. The molecular formula is C16H19Cl2NO3.